The summed E-state index contributed by atoms with van der Waals surface area (Å²) in [4.78, 5) is 26.3. The van der Waals surface area contributed by atoms with Gasteiger partial charge in [-0.25, -0.2) is 18.6 Å². The van der Waals surface area contributed by atoms with Gasteiger partial charge in [0.2, 0.25) is 0 Å². The quantitative estimate of drug-likeness (QED) is 0.725. The van der Waals surface area contributed by atoms with E-state index in [2.05, 4.69) is 4.98 Å². The molecule has 0 fully saturated rings. The number of carboxylic acid groups (broad SMARTS) is 1. The van der Waals surface area contributed by atoms with E-state index in [4.69, 9.17) is 15.6 Å². The van der Waals surface area contributed by atoms with Crippen LogP contribution in [0.2, 0.25) is 0 Å². The summed E-state index contributed by atoms with van der Waals surface area (Å²) in [6.45, 7) is -0.136. The van der Waals surface area contributed by atoms with E-state index in [0.29, 0.717) is 10.5 Å². The number of amides is 1. The molecule has 3 aromatic rings. The standard InChI is InChI=1S/C16H10F2N2O4S/c17-8-2-3-10(14(18)13(8)15(19)21)24-6-12-20-9-5-7(16(22)23)1-4-11(9)25-12/h1-5H,6H2,(H2,19,21)(H,22,23). The zero-order chi connectivity index (χ0) is 18.1. The van der Waals surface area contributed by atoms with Crippen molar-refractivity contribution in [3.63, 3.8) is 0 Å². The fourth-order valence-electron chi connectivity index (χ4n) is 2.18. The van der Waals surface area contributed by atoms with Crippen molar-refractivity contribution in [2.75, 3.05) is 0 Å². The van der Waals surface area contributed by atoms with E-state index in [-0.39, 0.29) is 17.9 Å². The van der Waals surface area contributed by atoms with Crippen molar-refractivity contribution < 1.29 is 28.2 Å². The maximum absolute atomic E-state index is 14.1. The topological polar surface area (TPSA) is 103 Å². The summed E-state index contributed by atoms with van der Waals surface area (Å²) in [5.41, 5.74) is 4.65. The van der Waals surface area contributed by atoms with E-state index < -0.39 is 29.1 Å². The molecule has 1 aromatic heterocycles. The predicted molar refractivity (Wildman–Crippen MR) is 85.8 cm³/mol. The van der Waals surface area contributed by atoms with Crippen LogP contribution < -0.4 is 10.5 Å². The van der Waals surface area contributed by atoms with Crippen LogP contribution in [0.4, 0.5) is 8.78 Å². The highest BCUT2D eigenvalue weighted by molar-refractivity contribution is 7.18. The van der Waals surface area contributed by atoms with Gasteiger partial charge in [0.25, 0.3) is 5.91 Å². The van der Waals surface area contributed by atoms with Gasteiger partial charge in [-0.05, 0) is 30.3 Å². The molecule has 0 atom stereocenters. The molecule has 0 saturated heterocycles. The van der Waals surface area contributed by atoms with Crippen LogP contribution in [0.15, 0.2) is 30.3 Å². The first kappa shape index (κ1) is 16.8. The molecular formula is C16H10F2N2O4S. The number of nitrogens with two attached hydrogens (primary N) is 1. The number of carboxylic acids is 1. The van der Waals surface area contributed by atoms with E-state index >= 15 is 0 Å². The number of carbonyl (C=O) groups is 2. The summed E-state index contributed by atoms with van der Waals surface area (Å²) in [5, 5.41) is 9.43. The molecule has 25 heavy (non-hydrogen) atoms. The summed E-state index contributed by atoms with van der Waals surface area (Å²) in [6.07, 6.45) is 0. The second kappa shape index (κ2) is 6.44. The molecule has 0 radical (unpaired) electrons. The fraction of sp³-hybridized carbons (Fsp3) is 0.0625. The number of hydrogen-bond acceptors (Lipinski definition) is 5. The molecule has 3 N–H and O–H groups in total. The van der Waals surface area contributed by atoms with Gasteiger partial charge >= 0.3 is 5.97 Å². The largest absolute Gasteiger partial charge is 0.483 e. The van der Waals surface area contributed by atoms with E-state index in [0.717, 1.165) is 16.8 Å². The van der Waals surface area contributed by atoms with Crippen molar-refractivity contribution in [3.8, 4) is 5.75 Å². The molecule has 0 aliphatic heterocycles. The molecule has 0 spiro atoms. The van der Waals surface area contributed by atoms with Gasteiger partial charge in [-0.2, -0.15) is 0 Å². The molecule has 1 amide bonds. The molecule has 0 unspecified atom stereocenters. The van der Waals surface area contributed by atoms with Gasteiger partial charge in [0.05, 0.1) is 15.8 Å². The Balaban J connectivity index is 1.84. The Morgan fingerprint density at radius 1 is 1.24 bits per heavy atom. The molecular weight excluding hydrogens is 354 g/mol. The third-order valence-corrected chi connectivity index (χ3v) is 4.34. The molecule has 6 nitrogen and oxygen atoms in total. The number of carbonyl (C=O) groups excluding carboxylic acids is 1. The Kier molecular flexibility index (Phi) is 4.32. The highest BCUT2D eigenvalue weighted by Crippen LogP contribution is 2.27. The zero-order valence-corrected chi connectivity index (χ0v) is 13.3. The van der Waals surface area contributed by atoms with Crippen molar-refractivity contribution in [1.29, 1.82) is 0 Å². The Bertz CT molecular complexity index is 1000. The van der Waals surface area contributed by atoms with Crippen LogP contribution in [0.3, 0.4) is 0 Å². The van der Waals surface area contributed by atoms with Crippen LogP contribution in [0.5, 0.6) is 5.75 Å². The number of halogens is 2. The Hall–Kier alpha value is -3.07. The lowest BCUT2D eigenvalue weighted by Crippen LogP contribution is -2.16. The highest BCUT2D eigenvalue weighted by Gasteiger charge is 2.19. The lowest BCUT2D eigenvalue weighted by molar-refractivity contribution is 0.0696. The van der Waals surface area contributed by atoms with Gasteiger partial charge in [0.1, 0.15) is 23.0 Å². The van der Waals surface area contributed by atoms with Crippen molar-refractivity contribution in [1.82, 2.24) is 4.98 Å². The first-order chi connectivity index (χ1) is 11.9. The third-order valence-electron chi connectivity index (χ3n) is 3.33. The number of nitrogens with zero attached hydrogens (tertiary/aromatic N) is 1. The van der Waals surface area contributed by atoms with Crippen LogP contribution in [0.25, 0.3) is 10.2 Å². The number of hydrogen-bond donors (Lipinski definition) is 2. The molecule has 0 bridgehead atoms. The summed E-state index contributed by atoms with van der Waals surface area (Å²) < 4.78 is 33.5. The minimum Gasteiger partial charge on any atom is -0.483 e. The van der Waals surface area contributed by atoms with Crippen LogP contribution in [0.1, 0.15) is 25.7 Å². The number of primary amides is 1. The number of fused-ring (bicyclic) bond motifs is 1. The molecule has 0 aliphatic carbocycles. The molecule has 3 rings (SSSR count). The third kappa shape index (κ3) is 3.26. The Morgan fingerprint density at radius 2 is 2.00 bits per heavy atom. The van der Waals surface area contributed by atoms with Gasteiger partial charge in [-0.15, -0.1) is 11.3 Å². The Morgan fingerprint density at radius 3 is 2.68 bits per heavy atom. The van der Waals surface area contributed by atoms with Crippen molar-refractivity contribution in [2.24, 2.45) is 5.73 Å². The van der Waals surface area contributed by atoms with Gasteiger partial charge in [0.15, 0.2) is 11.6 Å². The number of thiazole rings is 1. The van der Waals surface area contributed by atoms with E-state index in [1.54, 1.807) is 6.07 Å². The normalized spacial score (nSPS) is 10.8. The SMILES string of the molecule is NC(=O)c1c(F)ccc(OCc2nc3cc(C(=O)O)ccc3s2)c1F. The molecule has 2 aromatic carbocycles. The van der Waals surface area contributed by atoms with Crippen LogP contribution in [0, 0.1) is 11.6 Å². The van der Waals surface area contributed by atoms with Gasteiger partial charge in [-0.1, -0.05) is 0 Å². The van der Waals surface area contributed by atoms with Crippen molar-refractivity contribution in [2.45, 2.75) is 6.61 Å². The van der Waals surface area contributed by atoms with E-state index in [1.807, 2.05) is 0 Å². The van der Waals surface area contributed by atoms with Crippen LogP contribution >= 0.6 is 11.3 Å². The van der Waals surface area contributed by atoms with E-state index in [9.17, 15) is 18.4 Å². The lowest BCUT2D eigenvalue weighted by atomic mass is 10.2. The predicted octanol–water partition coefficient (Wildman–Crippen LogP) is 2.95. The molecule has 9 heteroatoms. The van der Waals surface area contributed by atoms with Crippen molar-refractivity contribution in [3.05, 3.63) is 58.1 Å². The first-order valence-electron chi connectivity index (χ1n) is 6.90. The second-order valence-corrected chi connectivity index (χ2v) is 6.10. The van der Waals surface area contributed by atoms with Crippen molar-refractivity contribution >= 4 is 33.4 Å². The summed E-state index contributed by atoms with van der Waals surface area (Å²) in [7, 11) is 0. The molecule has 0 aliphatic rings. The highest BCUT2D eigenvalue weighted by atomic mass is 32.1. The summed E-state index contributed by atoms with van der Waals surface area (Å²) >= 11 is 1.24. The fourth-order valence-corrected chi connectivity index (χ4v) is 3.04. The average molecular weight is 364 g/mol. The Labute approximate surface area is 143 Å². The minimum absolute atomic E-state index is 0.0981. The number of benzene rings is 2. The summed E-state index contributed by atoms with van der Waals surface area (Å²) in [5.74, 6) is -4.89. The van der Waals surface area contributed by atoms with Crippen LogP contribution in [-0.4, -0.2) is 22.0 Å². The molecule has 1 heterocycles. The summed E-state index contributed by atoms with van der Waals surface area (Å²) in [6, 6.07) is 6.42. The number of rotatable bonds is 5. The minimum atomic E-state index is -1.23. The van der Waals surface area contributed by atoms with Gasteiger partial charge in [0, 0.05) is 0 Å². The lowest BCUT2D eigenvalue weighted by Gasteiger charge is -2.08. The average Bonchev–Trinajstić information content (AvgIpc) is 2.95. The number of aromatic carboxylic acids is 1. The number of aromatic nitrogens is 1. The molecule has 0 saturated carbocycles. The second-order valence-electron chi connectivity index (χ2n) is 4.98. The molecule has 128 valence electrons. The zero-order valence-electron chi connectivity index (χ0n) is 12.5. The maximum Gasteiger partial charge on any atom is 0.335 e. The number of ether oxygens (including phenoxy) is 1. The monoisotopic (exact) mass is 364 g/mol. The maximum atomic E-state index is 14.1. The first-order valence-corrected chi connectivity index (χ1v) is 7.72. The van der Waals surface area contributed by atoms with Gasteiger partial charge < -0.3 is 15.6 Å². The van der Waals surface area contributed by atoms with Crippen LogP contribution in [-0.2, 0) is 6.61 Å². The van der Waals surface area contributed by atoms with Gasteiger partial charge in [-0.3, -0.25) is 4.79 Å². The van der Waals surface area contributed by atoms with E-state index in [1.165, 1.54) is 23.5 Å². The smallest absolute Gasteiger partial charge is 0.335 e.